The number of nitrogen functional groups attached to an aromatic ring is 1. The van der Waals surface area contributed by atoms with Crippen LogP contribution in [-0.2, 0) is 4.79 Å². The molecule has 2 heterocycles. The second kappa shape index (κ2) is 4.99. The van der Waals surface area contributed by atoms with Gasteiger partial charge in [0.15, 0.2) is 12.1 Å². The van der Waals surface area contributed by atoms with E-state index in [2.05, 4.69) is 15.7 Å². The van der Waals surface area contributed by atoms with Crippen LogP contribution < -0.4 is 16.5 Å². The molecule has 0 spiro atoms. The number of aliphatic imine (C=N–C) groups is 1. The number of hydrogen-bond acceptors (Lipinski definition) is 5. The van der Waals surface area contributed by atoms with Gasteiger partial charge in [0.2, 0.25) is 5.91 Å². The quantitative estimate of drug-likeness (QED) is 0.732. The van der Waals surface area contributed by atoms with Crippen LogP contribution in [0, 0.1) is 5.92 Å². The zero-order chi connectivity index (χ0) is 15.1. The Morgan fingerprint density at radius 1 is 1.32 bits per heavy atom. The van der Waals surface area contributed by atoms with Gasteiger partial charge < -0.3 is 11.1 Å². The lowest BCUT2D eigenvalue weighted by molar-refractivity contribution is -0.123. The number of nitrogens with zero attached hydrogens (tertiary/aromatic N) is 2. The van der Waals surface area contributed by atoms with Crippen LogP contribution in [0.2, 0.25) is 0 Å². The van der Waals surface area contributed by atoms with E-state index in [0.717, 1.165) is 35.5 Å². The average molecular weight is 295 g/mol. The van der Waals surface area contributed by atoms with E-state index in [1.807, 2.05) is 47.6 Å². The Kier molecular flexibility index (Phi) is 2.97. The Hall–Kier alpha value is -2.60. The van der Waals surface area contributed by atoms with Crippen molar-refractivity contribution in [3.8, 4) is 0 Å². The van der Waals surface area contributed by atoms with Gasteiger partial charge in [0.1, 0.15) is 0 Å². The topological polar surface area (TPSA) is 82.8 Å². The zero-order valence-corrected chi connectivity index (χ0v) is 12.0. The third-order valence-corrected chi connectivity index (χ3v) is 3.93. The number of carbonyl (C=O) groups is 1. The summed E-state index contributed by atoms with van der Waals surface area (Å²) in [6.07, 6.45) is 7.40. The lowest BCUT2D eigenvalue weighted by Crippen LogP contribution is -2.46. The summed E-state index contributed by atoms with van der Waals surface area (Å²) in [7, 11) is 0. The third-order valence-electron chi connectivity index (χ3n) is 3.93. The molecule has 1 fully saturated rings. The largest absolute Gasteiger partial charge is 0.399 e. The first kappa shape index (κ1) is 13.1. The number of carbonyl (C=O) groups excluding carboxylic acids is 1. The number of fused-ring (bicyclic) bond motifs is 1. The highest BCUT2D eigenvalue weighted by Gasteiger charge is 2.34. The van der Waals surface area contributed by atoms with Gasteiger partial charge in [-0.15, -0.1) is 0 Å². The van der Waals surface area contributed by atoms with Gasteiger partial charge in [-0.2, -0.15) is 5.43 Å². The van der Waals surface area contributed by atoms with Crippen molar-refractivity contribution in [2.24, 2.45) is 10.9 Å². The summed E-state index contributed by atoms with van der Waals surface area (Å²) in [6.45, 7) is 0. The molecule has 2 aliphatic heterocycles. The number of allylic oxidation sites excluding steroid dienone is 2. The minimum absolute atomic E-state index is 0.0729. The Morgan fingerprint density at radius 3 is 2.82 bits per heavy atom. The normalized spacial score (nSPS) is 22.9. The van der Waals surface area contributed by atoms with Crippen molar-refractivity contribution in [3.05, 3.63) is 48.2 Å². The van der Waals surface area contributed by atoms with Gasteiger partial charge >= 0.3 is 0 Å². The number of rotatable bonds is 3. The van der Waals surface area contributed by atoms with Gasteiger partial charge in [-0.25, -0.2) is 4.99 Å². The molecule has 0 aromatic heterocycles. The van der Waals surface area contributed by atoms with Gasteiger partial charge in [0.25, 0.3) is 0 Å². The molecule has 1 saturated carbocycles. The van der Waals surface area contributed by atoms with E-state index in [1.165, 1.54) is 0 Å². The first-order valence-electron chi connectivity index (χ1n) is 7.39. The van der Waals surface area contributed by atoms with E-state index in [1.54, 1.807) is 0 Å². The van der Waals surface area contributed by atoms with E-state index in [-0.39, 0.29) is 11.8 Å². The monoisotopic (exact) mass is 295 g/mol. The lowest BCUT2D eigenvalue weighted by Gasteiger charge is -2.21. The van der Waals surface area contributed by atoms with Crippen molar-refractivity contribution in [2.45, 2.75) is 19.1 Å². The molecule has 112 valence electrons. The molecule has 1 unspecified atom stereocenters. The molecular weight excluding hydrogens is 278 g/mol. The van der Waals surface area contributed by atoms with Crippen LogP contribution in [0.3, 0.4) is 0 Å². The number of hydrogen-bond donors (Lipinski definition) is 3. The van der Waals surface area contributed by atoms with Gasteiger partial charge in [-0.05, 0) is 42.7 Å². The Bertz CT molecular complexity index is 700. The second-order valence-electron chi connectivity index (χ2n) is 5.68. The Balaban J connectivity index is 1.57. The molecule has 6 nitrogen and oxygen atoms in total. The second-order valence-corrected chi connectivity index (χ2v) is 5.68. The molecule has 1 atom stereocenters. The zero-order valence-electron chi connectivity index (χ0n) is 12.0. The summed E-state index contributed by atoms with van der Waals surface area (Å²) in [4.78, 5) is 16.5. The maximum atomic E-state index is 11.9. The highest BCUT2D eigenvalue weighted by Crippen LogP contribution is 2.29. The molecule has 4 rings (SSSR count). The SMILES string of the molecule is Nc1ccc(C2=CC=CN3NC(NC(=O)C4CC4)N=C23)cc1. The number of anilines is 1. The predicted molar refractivity (Wildman–Crippen MR) is 85.0 cm³/mol. The molecule has 4 N–H and O–H groups in total. The third kappa shape index (κ3) is 2.37. The molecule has 1 aromatic carbocycles. The molecule has 0 saturated heterocycles. The summed E-state index contributed by atoms with van der Waals surface area (Å²) < 4.78 is 0. The van der Waals surface area contributed by atoms with Crippen LogP contribution in [0.4, 0.5) is 5.69 Å². The van der Waals surface area contributed by atoms with E-state index < -0.39 is 6.29 Å². The molecule has 3 aliphatic rings. The highest BCUT2D eigenvalue weighted by atomic mass is 16.2. The van der Waals surface area contributed by atoms with Crippen molar-refractivity contribution in [3.63, 3.8) is 0 Å². The van der Waals surface area contributed by atoms with Crippen molar-refractivity contribution in [2.75, 3.05) is 5.73 Å². The van der Waals surface area contributed by atoms with Crippen molar-refractivity contribution >= 4 is 23.0 Å². The van der Waals surface area contributed by atoms with Crippen LogP contribution in [0.1, 0.15) is 18.4 Å². The van der Waals surface area contributed by atoms with E-state index >= 15 is 0 Å². The summed E-state index contributed by atoms with van der Waals surface area (Å²) in [5, 5.41) is 4.75. The summed E-state index contributed by atoms with van der Waals surface area (Å²) in [6, 6.07) is 7.68. The van der Waals surface area contributed by atoms with Gasteiger partial charge in [0.05, 0.1) is 0 Å². The predicted octanol–water partition coefficient (Wildman–Crippen LogP) is 1.21. The minimum atomic E-state index is -0.414. The number of amidine groups is 1. The van der Waals surface area contributed by atoms with E-state index in [9.17, 15) is 4.79 Å². The fourth-order valence-electron chi connectivity index (χ4n) is 2.57. The highest BCUT2D eigenvalue weighted by molar-refractivity contribution is 6.24. The fraction of sp³-hybridized carbons (Fsp3) is 0.250. The molecule has 1 amide bonds. The van der Waals surface area contributed by atoms with Crippen LogP contribution >= 0.6 is 0 Å². The lowest BCUT2D eigenvalue weighted by atomic mass is 10.0. The van der Waals surface area contributed by atoms with Crippen molar-refractivity contribution in [1.82, 2.24) is 15.8 Å². The van der Waals surface area contributed by atoms with Gasteiger partial charge in [0, 0.05) is 23.4 Å². The number of nitrogens with one attached hydrogen (secondary N) is 2. The van der Waals surface area contributed by atoms with Crippen LogP contribution in [0.15, 0.2) is 47.6 Å². The summed E-state index contributed by atoms with van der Waals surface area (Å²) in [5.74, 6) is 1.04. The number of amides is 1. The molecule has 6 heteroatoms. The number of benzene rings is 1. The van der Waals surface area contributed by atoms with Crippen LogP contribution in [-0.4, -0.2) is 23.0 Å². The Morgan fingerprint density at radius 2 is 2.09 bits per heavy atom. The molecule has 0 bridgehead atoms. The Labute approximate surface area is 128 Å². The maximum absolute atomic E-state index is 11.9. The first-order chi connectivity index (χ1) is 10.7. The molecule has 0 radical (unpaired) electrons. The van der Waals surface area contributed by atoms with Crippen molar-refractivity contribution in [1.29, 1.82) is 0 Å². The van der Waals surface area contributed by atoms with Gasteiger partial charge in [-0.3, -0.25) is 9.80 Å². The summed E-state index contributed by atoms with van der Waals surface area (Å²) >= 11 is 0. The molecule has 1 aliphatic carbocycles. The fourth-order valence-corrected chi connectivity index (χ4v) is 2.57. The minimum Gasteiger partial charge on any atom is -0.399 e. The van der Waals surface area contributed by atoms with E-state index in [0.29, 0.717) is 0 Å². The van der Waals surface area contributed by atoms with Crippen LogP contribution in [0.5, 0.6) is 0 Å². The molecule has 22 heavy (non-hydrogen) atoms. The maximum Gasteiger partial charge on any atom is 0.225 e. The molecular formula is C16H17N5O. The van der Waals surface area contributed by atoms with Gasteiger partial charge in [-0.1, -0.05) is 12.1 Å². The van der Waals surface area contributed by atoms with Crippen molar-refractivity contribution < 1.29 is 4.79 Å². The standard InChI is InChI=1S/C16H17N5O/c17-12-7-5-10(6-8-12)13-2-1-9-21-14(13)18-16(20-21)19-15(22)11-3-4-11/h1-2,5-9,11,16,20H,3-4,17H2,(H,19,22). The smallest absolute Gasteiger partial charge is 0.225 e. The average Bonchev–Trinajstić information content (AvgIpc) is 3.28. The van der Waals surface area contributed by atoms with Crippen LogP contribution in [0.25, 0.3) is 5.57 Å². The number of hydrazine groups is 1. The summed E-state index contributed by atoms with van der Waals surface area (Å²) in [5.41, 5.74) is 11.7. The first-order valence-corrected chi connectivity index (χ1v) is 7.39. The molecule has 1 aromatic rings. The van der Waals surface area contributed by atoms with E-state index in [4.69, 9.17) is 5.73 Å². The number of nitrogens with two attached hydrogens (primary N) is 1.